The van der Waals surface area contributed by atoms with E-state index in [1.165, 1.54) is 18.4 Å². The number of aliphatic hydroxyl groups is 1. The molecule has 0 aliphatic carbocycles. The Morgan fingerprint density at radius 1 is 1.48 bits per heavy atom. The fourth-order valence-corrected chi connectivity index (χ4v) is 3.21. The maximum absolute atomic E-state index is 9.85. The highest BCUT2D eigenvalue weighted by molar-refractivity contribution is 5.75. The van der Waals surface area contributed by atoms with Crippen molar-refractivity contribution in [2.24, 2.45) is 0 Å². The van der Waals surface area contributed by atoms with E-state index < -0.39 is 0 Å². The van der Waals surface area contributed by atoms with Crippen molar-refractivity contribution in [3.05, 3.63) is 29.6 Å². The zero-order valence-electron chi connectivity index (χ0n) is 13.0. The third-order valence-electron chi connectivity index (χ3n) is 4.49. The summed E-state index contributed by atoms with van der Waals surface area (Å²) in [7, 11) is 0. The molecule has 3 rings (SSSR count). The number of H-pyrrole nitrogens is 1. The van der Waals surface area contributed by atoms with Crippen molar-refractivity contribution in [2.75, 3.05) is 19.6 Å². The molecule has 114 valence electrons. The predicted molar refractivity (Wildman–Crippen MR) is 85.5 cm³/mol. The number of hydrogen-bond donors (Lipinski definition) is 2. The van der Waals surface area contributed by atoms with Gasteiger partial charge in [0, 0.05) is 19.0 Å². The molecule has 0 saturated carbocycles. The van der Waals surface area contributed by atoms with Crippen LogP contribution in [0.4, 0.5) is 0 Å². The Labute approximate surface area is 126 Å². The maximum atomic E-state index is 9.85. The Morgan fingerprint density at radius 3 is 3.14 bits per heavy atom. The lowest BCUT2D eigenvalue weighted by atomic mass is 9.97. The summed E-state index contributed by atoms with van der Waals surface area (Å²) in [5.74, 6) is 1.56. The van der Waals surface area contributed by atoms with Gasteiger partial charge in [-0.1, -0.05) is 13.0 Å². The van der Waals surface area contributed by atoms with Crippen LogP contribution in [0, 0.1) is 6.92 Å². The molecule has 0 amide bonds. The first-order valence-corrected chi connectivity index (χ1v) is 8.02. The highest BCUT2D eigenvalue weighted by Crippen LogP contribution is 2.27. The number of aromatic amines is 1. The maximum Gasteiger partial charge on any atom is 0.111 e. The summed E-state index contributed by atoms with van der Waals surface area (Å²) in [6, 6.07) is 6.36. The summed E-state index contributed by atoms with van der Waals surface area (Å²) in [5, 5.41) is 9.85. The smallest absolute Gasteiger partial charge is 0.111 e. The molecule has 2 heterocycles. The van der Waals surface area contributed by atoms with Gasteiger partial charge in [-0.25, -0.2) is 4.98 Å². The molecule has 1 fully saturated rings. The van der Waals surface area contributed by atoms with Crippen LogP contribution in [0.2, 0.25) is 0 Å². The van der Waals surface area contributed by atoms with Crippen LogP contribution in [0.5, 0.6) is 0 Å². The first-order chi connectivity index (χ1) is 10.2. The third kappa shape index (κ3) is 3.27. The standard InChI is InChI=1S/C17H25N3O/c1-3-14(21)11-20-8-4-5-13(10-20)17-18-15-7-6-12(2)9-16(15)19-17/h6-7,9,13-14,21H,3-5,8,10-11H2,1-2H3,(H,18,19)/t13-,14-/m1/s1. The van der Waals surface area contributed by atoms with Crippen molar-refractivity contribution in [2.45, 2.75) is 45.1 Å². The van der Waals surface area contributed by atoms with Crippen molar-refractivity contribution in [1.82, 2.24) is 14.9 Å². The minimum absolute atomic E-state index is 0.206. The van der Waals surface area contributed by atoms with Gasteiger partial charge in [-0.05, 0) is 50.4 Å². The van der Waals surface area contributed by atoms with E-state index in [0.717, 1.165) is 42.9 Å². The van der Waals surface area contributed by atoms with E-state index in [2.05, 4.69) is 35.0 Å². The molecule has 2 N–H and O–H groups in total. The van der Waals surface area contributed by atoms with E-state index in [-0.39, 0.29) is 6.10 Å². The quantitative estimate of drug-likeness (QED) is 0.909. The summed E-state index contributed by atoms with van der Waals surface area (Å²) in [4.78, 5) is 10.6. The van der Waals surface area contributed by atoms with Gasteiger partial charge in [-0.2, -0.15) is 0 Å². The van der Waals surface area contributed by atoms with Crippen LogP contribution in [0.3, 0.4) is 0 Å². The number of nitrogens with one attached hydrogen (secondary N) is 1. The van der Waals surface area contributed by atoms with Crippen LogP contribution < -0.4 is 0 Å². The second kappa shape index (κ2) is 6.16. The SMILES string of the molecule is CC[C@@H](O)CN1CCC[C@@H](c2nc3ccc(C)cc3[nH]2)C1. The first kappa shape index (κ1) is 14.5. The molecular formula is C17H25N3O. The first-order valence-electron chi connectivity index (χ1n) is 8.02. The second-order valence-electron chi connectivity index (χ2n) is 6.30. The van der Waals surface area contributed by atoms with Crippen LogP contribution in [0.25, 0.3) is 11.0 Å². The number of benzene rings is 1. The minimum Gasteiger partial charge on any atom is -0.392 e. The van der Waals surface area contributed by atoms with Gasteiger partial charge in [0.1, 0.15) is 5.82 Å². The Hall–Kier alpha value is -1.39. The van der Waals surface area contributed by atoms with Gasteiger partial charge in [-0.3, -0.25) is 0 Å². The van der Waals surface area contributed by atoms with Crippen LogP contribution in [0.1, 0.15) is 43.5 Å². The molecule has 2 atom stereocenters. The number of likely N-dealkylation sites (tertiary alicyclic amines) is 1. The number of imidazole rings is 1. The summed E-state index contributed by atoms with van der Waals surface area (Å²) >= 11 is 0. The fraction of sp³-hybridized carbons (Fsp3) is 0.588. The van der Waals surface area contributed by atoms with Crippen LogP contribution in [0.15, 0.2) is 18.2 Å². The topological polar surface area (TPSA) is 52.1 Å². The molecule has 0 radical (unpaired) electrons. The zero-order chi connectivity index (χ0) is 14.8. The number of piperidine rings is 1. The van der Waals surface area contributed by atoms with E-state index in [0.29, 0.717) is 5.92 Å². The second-order valence-corrected chi connectivity index (χ2v) is 6.30. The van der Waals surface area contributed by atoms with Gasteiger partial charge in [0.25, 0.3) is 0 Å². The molecule has 0 unspecified atom stereocenters. The van der Waals surface area contributed by atoms with E-state index in [1.54, 1.807) is 0 Å². The molecule has 0 bridgehead atoms. The van der Waals surface area contributed by atoms with Gasteiger partial charge in [0.2, 0.25) is 0 Å². The van der Waals surface area contributed by atoms with Crippen LogP contribution in [-0.2, 0) is 0 Å². The summed E-state index contributed by atoms with van der Waals surface area (Å²) in [6.45, 7) is 7.01. The Kier molecular flexibility index (Phi) is 4.27. The summed E-state index contributed by atoms with van der Waals surface area (Å²) in [6.07, 6.45) is 2.97. The highest BCUT2D eigenvalue weighted by Gasteiger charge is 2.24. The lowest BCUT2D eigenvalue weighted by molar-refractivity contribution is 0.0919. The van der Waals surface area contributed by atoms with E-state index in [4.69, 9.17) is 4.98 Å². The fourth-order valence-electron chi connectivity index (χ4n) is 3.21. The third-order valence-corrected chi connectivity index (χ3v) is 4.49. The summed E-state index contributed by atoms with van der Waals surface area (Å²) in [5.41, 5.74) is 3.45. The summed E-state index contributed by atoms with van der Waals surface area (Å²) < 4.78 is 0. The van der Waals surface area contributed by atoms with Gasteiger partial charge in [-0.15, -0.1) is 0 Å². The van der Waals surface area contributed by atoms with Crippen LogP contribution >= 0.6 is 0 Å². The lowest BCUT2D eigenvalue weighted by Crippen LogP contribution is -2.39. The number of fused-ring (bicyclic) bond motifs is 1. The van der Waals surface area contributed by atoms with Gasteiger partial charge in [0.05, 0.1) is 17.1 Å². The van der Waals surface area contributed by atoms with E-state index >= 15 is 0 Å². The number of hydrogen-bond acceptors (Lipinski definition) is 3. The van der Waals surface area contributed by atoms with Crippen molar-refractivity contribution < 1.29 is 5.11 Å². The van der Waals surface area contributed by atoms with Crippen molar-refractivity contribution in [1.29, 1.82) is 0 Å². The number of aromatic nitrogens is 2. The average molecular weight is 287 g/mol. The number of aliphatic hydroxyl groups excluding tert-OH is 1. The molecule has 1 aliphatic rings. The van der Waals surface area contributed by atoms with E-state index in [1.807, 2.05) is 6.92 Å². The molecule has 1 saturated heterocycles. The Bertz CT molecular complexity index is 607. The molecule has 1 aromatic heterocycles. The Morgan fingerprint density at radius 2 is 2.33 bits per heavy atom. The molecule has 1 aromatic carbocycles. The van der Waals surface area contributed by atoms with Crippen LogP contribution in [-0.4, -0.2) is 45.7 Å². The molecular weight excluding hydrogens is 262 g/mol. The minimum atomic E-state index is -0.206. The molecule has 4 nitrogen and oxygen atoms in total. The predicted octanol–water partition coefficient (Wildman–Crippen LogP) is 2.82. The van der Waals surface area contributed by atoms with Crippen molar-refractivity contribution in [3.63, 3.8) is 0 Å². The normalized spacial score (nSPS) is 21.8. The molecule has 1 aliphatic heterocycles. The lowest BCUT2D eigenvalue weighted by Gasteiger charge is -2.32. The van der Waals surface area contributed by atoms with Crippen molar-refractivity contribution >= 4 is 11.0 Å². The van der Waals surface area contributed by atoms with Crippen molar-refractivity contribution in [3.8, 4) is 0 Å². The van der Waals surface area contributed by atoms with Gasteiger partial charge >= 0.3 is 0 Å². The Balaban J connectivity index is 1.75. The molecule has 0 spiro atoms. The average Bonchev–Trinajstić information content (AvgIpc) is 2.90. The highest BCUT2D eigenvalue weighted by atomic mass is 16.3. The van der Waals surface area contributed by atoms with Gasteiger partial charge < -0.3 is 15.0 Å². The molecule has 4 heteroatoms. The zero-order valence-corrected chi connectivity index (χ0v) is 13.0. The van der Waals surface area contributed by atoms with E-state index in [9.17, 15) is 5.11 Å². The largest absolute Gasteiger partial charge is 0.392 e. The number of rotatable bonds is 4. The number of nitrogens with zero attached hydrogens (tertiary/aromatic N) is 2. The van der Waals surface area contributed by atoms with Gasteiger partial charge in [0.15, 0.2) is 0 Å². The molecule has 21 heavy (non-hydrogen) atoms. The monoisotopic (exact) mass is 287 g/mol. The molecule has 2 aromatic rings. The number of aryl methyl sites for hydroxylation is 1. The number of β-amino-alcohol motifs (C(OH)–C–C–N with tert-alkyl or cyclic N) is 1.